The maximum absolute atomic E-state index is 13.4. The number of rotatable bonds is 5. The van der Waals surface area contributed by atoms with Gasteiger partial charge in [-0.3, -0.25) is 0 Å². The number of halogens is 2. The summed E-state index contributed by atoms with van der Waals surface area (Å²) in [6.45, 7) is 3.88. The average Bonchev–Trinajstić information content (AvgIpc) is 3.01. The first-order valence-corrected chi connectivity index (χ1v) is 8.42. The van der Waals surface area contributed by atoms with E-state index in [0.29, 0.717) is 28.3 Å². The number of aromatic nitrogens is 2. The molecule has 1 heterocycles. The molecule has 0 fully saturated rings. The minimum atomic E-state index is -1.09. The van der Waals surface area contributed by atoms with Gasteiger partial charge in [-0.15, -0.1) is 0 Å². The molecule has 2 aromatic carbocycles. The number of benzene rings is 2. The van der Waals surface area contributed by atoms with E-state index in [9.17, 15) is 13.6 Å². The largest absolute Gasteiger partial charge is 0.478 e. The molecule has 138 valence electrons. The van der Waals surface area contributed by atoms with E-state index in [1.54, 1.807) is 28.8 Å². The van der Waals surface area contributed by atoms with E-state index in [4.69, 9.17) is 5.11 Å². The van der Waals surface area contributed by atoms with Gasteiger partial charge in [0.2, 0.25) is 0 Å². The van der Waals surface area contributed by atoms with Crippen molar-refractivity contribution in [1.82, 2.24) is 9.55 Å². The predicted molar refractivity (Wildman–Crippen MR) is 100 cm³/mol. The molecule has 0 amide bonds. The van der Waals surface area contributed by atoms with Crippen molar-refractivity contribution in [2.45, 2.75) is 19.8 Å². The van der Waals surface area contributed by atoms with Crippen LogP contribution in [0.3, 0.4) is 0 Å². The molecule has 0 unspecified atom stereocenters. The Hall–Kier alpha value is -3.28. The molecule has 0 bridgehead atoms. The summed E-state index contributed by atoms with van der Waals surface area (Å²) in [4.78, 5) is 15.7. The molecule has 0 spiro atoms. The van der Waals surface area contributed by atoms with Crippen LogP contribution in [0.4, 0.5) is 8.78 Å². The lowest BCUT2D eigenvalue weighted by Crippen LogP contribution is -2.01. The molecule has 3 aromatic rings. The third-order valence-electron chi connectivity index (χ3n) is 4.06. The van der Waals surface area contributed by atoms with Gasteiger partial charge >= 0.3 is 5.97 Å². The Morgan fingerprint density at radius 3 is 2.00 bits per heavy atom. The molecular weight excluding hydrogens is 350 g/mol. The highest BCUT2D eigenvalue weighted by molar-refractivity contribution is 5.85. The summed E-state index contributed by atoms with van der Waals surface area (Å²) < 4.78 is 28.4. The Labute approximate surface area is 155 Å². The Bertz CT molecular complexity index is 988. The highest BCUT2D eigenvalue weighted by Gasteiger charge is 2.21. The van der Waals surface area contributed by atoms with Crippen molar-refractivity contribution in [3.63, 3.8) is 0 Å². The van der Waals surface area contributed by atoms with Crippen LogP contribution in [0, 0.1) is 11.6 Å². The van der Waals surface area contributed by atoms with Gasteiger partial charge in [-0.1, -0.05) is 13.8 Å². The number of carbonyl (C=O) groups is 1. The smallest absolute Gasteiger partial charge is 0.329 e. The van der Waals surface area contributed by atoms with Crippen LogP contribution in [-0.2, 0) is 4.79 Å². The van der Waals surface area contributed by atoms with Crippen LogP contribution in [0.2, 0.25) is 0 Å². The van der Waals surface area contributed by atoms with Gasteiger partial charge in [0.05, 0.1) is 11.4 Å². The lowest BCUT2D eigenvalue weighted by molar-refractivity contribution is -0.131. The van der Waals surface area contributed by atoms with E-state index in [-0.39, 0.29) is 17.6 Å². The van der Waals surface area contributed by atoms with E-state index >= 15 is 0 Å². The number of aliphatic carboxylic acids is 1. The molecule has 0 radical (unpaired) electrons. The van der Waals surface area contributed by atoms with E-state index < -0.39 is 5.97 Å². The van der Waals surface area contributed by atoms with Crippen molar-refractivity contribution < 1.29 is 18.7 Å². The molecule has 0 atom stereocenters. The van der Waals surface area contributed by atoms with E-state index in [0.717, 1.165) is 6.08 Å². The van der Waals surface area contributed by atoms with Gasteiger partial charge in [-0.05, 0) is 48.5 Å². The summed E-state index contributed by atoms with van der Waals surface area (Å²) in [5.41, 5.74) is 2.54. The van der Waals surface area contributed by atoms with Gasteiger partial charge in [-0.2, -0.15) is 0 Å². The Kier molecular flexibility index (Phi) is 5.16. The molecule has 0 aliphatic heterocycles. The van der Waals surface area contributed by atoms with E-state index in [1.807, 2.05) is 13.8 Å². The summed E-state index contributed by atoms with van der Waals surface area (Å²) in [6, 6.07) is 11.8. The zero-order chi connectivity index (χ0) is 19.6. The fraction of sp³-hybridized carbons (Fsp3) is 0.143. The van der Waals surface area contributed by atoms with Crippen molar-refractivity contribution in [1.29, 1.82) is 0 Å². The standard InChI is InChI=1S/C21H18F2N2O2/c1-13(2)21-24-19(14-3-7-16(22)8-4-14)20(25(21)12-11-18(26)27)15-5-9-17(23)10-6-15/h3-13H,1-2H3,(H,26,27). The normalized spacial score (nSPS) is 11.4. The zero-order valence-corrected chi connectivity index (χ0v) is 14.9. The number of carboxylic acids is 1. The number of imidazole rings is 1. The third-order valence-corrected chi connectivity index (χ3v) is 4.06. The van der Waals surface area contributed by atoms with Gasteiger partial charge < -0.3 is 9.67 Å². The average molecular weight is 368 g/mol. The van der Waals surface area contributed by atoms with Gasteiger partial charge in [0.25, 0.3) is 0 Å². The van der Waals surface area contributed by atoms with Gasteiger partial charge in [0.15, 0.2) is 0 Å². The quantitative estimate of drug-likeness (QED) is 0.632. The number of hydrogen-bond donors (Lipinski definition) is 1. The predicted octanol–water partition coefficient (Wildman–Crippen LogP) is 5.17. The molecule has 0 aliphatic carbocycles. The third kappa shape index (κ3) is 3.95. The molecule has 6 heteroatoms. The Morgan fingerprint density at radius 2 is 1.52 bits per heavy atom. The van der Waals surface area contributed by atoms with Crippen molar-refractivity contribution in [3.8, 4) is 22.5 Å². The van der Waals surface area contributed by atoms with Crippen LogP contribution in [0.25, 0.3) is 28.7 Å². The van der Waals surface area contributed by atoms with Gasteiger partial charge in [0, 0.05) is 29.3 Å². The summed E-state index contributed by atoms with van der Waals surface area (Å²) >= 11 is 0. The van der Waals surface area contributed by atoms with Crippen LogP contribution >= 0.6 is 0 Å². The molecular formula is C21H18F2N2O2. The molecule has 1 aromatic heterocycles. The minimum absolute atomic E-state index is 0.00292. The highest BCUT2D eigenvalue weighted by atomic mass is 19.1. The molecule has 4 nitrogen and oxygen atoms in total. The number of hydrogen-bond acceptors (Lipinski definition) is 2. The van der Waals surface area contributed by atoms with E-state index in [2.05, 4.69) is 4.98 Å². The maximum Gasteiger partial charge on any atom is 0.329 e. The van der Waals surface area contributed by atoms with Crippen LogP contribution in [0.1, 0.15) is 25.6 Å². The van der Waals surface area contributed by atoms with Crippen LogP contribution in [0.15, 0.2) is 54.6 Å². The lowest BCUT2D eigenvalue weighted by atomic mass is 10.0. The summed E-state index contributed by atoms with van der Waals surface area (Å²) in [6.07, 6.45) is 2.45. The maximum atomic E-state index is 13.4. The first kappa shape index (κ1) is 18.5. The first-order valence-electron chi connectivity index (χ1n) is 8.42. The Morgan fingerprint density at radius 1 is 1.00 bits per heavy atom. The molecule has 0 saturated carbocycles. The summed E-state index contributed by atoms with van der Waals surface area (Å²) in [5, 5.41) is 9.04. The summed E-state index contributed by atoms with van der Waals surface area (Å²) in [7, 11) is 0. The van der Waals surface area contributed by atoms with Crippen molar-refractivity contribution in [2.24, 2.45) is 0 Å². The van der Waals surface area contributed by atoms with Crippen molar-refractivity contribution in [3.05, 3.63) is 72.1 Å². The number of nitrogens with zero attached hydrogens (tertiary/aromatic N) is 2. The number of carboxylic acid groups (broad SMARTS) is 1. The van der Waals surface area contributed by atoms with Crippen LogP contribution < -0.4 is 0 Å². The fourth-order valence-corrected chi connectivity index (χ4v) is 2.84. The molecule has 0 aliphatic rings. The minimum Gasteiger partial charge on any atom is -0.478 e. The molecule has 27 heavy (non-hydrogen) atoms. The van der Waals surface area contributed by atoms with Crippen molar-refractivity contribution in [2.75, 3.05) is 0 Å². The molecule has 1 N–H and O–H groups in total. The van der Waals surface area contributed by atoms with Gasteiger partial charge in [0.1, 0.15) is 17.5 Å². The van der Waals surface area contributed by atoms with E-state index in [1.165, 1.54) is 30.5 Å². The highest BCUT2D eigenvalue weighted by Crippen LogP contribution is 2.35. The van der Waals surface area contributed by atoms with Crippen LogP contribution in [0.5, 0.6) is 0 Å². The second-order valence-electron chi connectivity index (χ2n) is 6.36. The van der Waals surface area contributed by atoms with Gasteiger partial charge in [-0.25, -0.2) is 18.6 Å². The lowest BCUT2D eigenvalue weighted by Gasteiger charge is -2.10. The second-order valence-corrected chi connectivity index (χ2v) is 6.36. The zero-order valence-electron chi connectivity index (χ0n) is 14.9. The van der Waals surface area contributed by atoms with Crippen molar-refractivity contribution >= 4 is 12.2 Å². The van der Waals surface area contributed by atoms with Crippen LogP contribution in [-0.4, -0.2) is 20.6 Å². The fourth-order valence-electron chi connectivity index (χ4n) is 2.84. The summed E-state index contributed by atoms with van der Waals surface area (Å²) in [5.74, 6) is -1.19. The molecule has 0 saturated heterocycles. The monoisotopic (exact) mass is 368 g/mol. The molecule has 3 rings (SSSR count). The SMILES string of the molecule is CC(C)c1nc(-c2ccc(F)cc2)c(-c2ccc(F)cc2)n1C=CC(=O)O. The Balaban J connectivity index is 2.31. The second kappa shape index (κ2) is 7.53. The topological polar surface area (TPSA) is 55.1 Å². The first-order chi connectivity index (χ1) is 12.9.